The van der Waals surface area contributed by atoms with E-state index >= 15 is 0 Å². The highest BCUT2D eigenvalue weighted by Crippen LogP contribution is 2.24. The van der Waals surface area contributed by atoms with Crippen molar-refractivity contribution in [1.82, 2.24) is 0 Å². The van der Waals surface area contributed by atoms with Crippen LogP contribution < -0.4 is 0 Å². The number of unbranched alkanes of at least 4 members (excludes halogenated alkanes) is 2. The fourth-order valence-electron chi connectivity index (χ4n) is 1.84. The predicted octanol–water partition coefficient (Wildman–Crippen LogP) is 4.75. The van der Waals surface area contributed by atoms with Crippen molar-refractivity contribution in [3.05, 3.63) is 33.8 Å². The van der Waals surface area contributed by atoms with E-state index in [0.29, 0.717) is 0 Å². The lowest BCUT2D eigenvalue weighted by molar-refractivity contribution is 0.756. The molecule has 0 bridgehead atoms. The number of hydrogen-bond acceptors (Lipinski definition) is 0. The molecule has 0 heterocycles. The van der Waals surface area contributed by atoms with Crippen LogP contribution in [0.5, 0.6) is 0 Å². The minimum atomic E-state index is 0. The summed E-state index contributed by atoms with van der Waals surface area (Å²) < 4.78 is 1.30. The van der Waals surface area contributed by atoms with Crippen LogP contribution in [0.15, 0.2) is 22.7 Å². The van der Waals surface area contributed by atoms with Crippen molar-refractivity contribution in [1.29, 1.82) is 0 Å². The summed E-state index contributed by atoms with van der Waals surface area (Å²) in [6, 6.07) is 6.61. The van der Waals surface area contributed by atoms with Gasteiger partial charge in [0.1, 0.15) is 0 Å². The van der Waals surface area contributed by atoms with E-state index in [2.05, 4.69) is 48.0 Å². The highest BCUT2D eigenvalue weighted by molar-refractivity contribution is 9.10. The first-order valence-electron chi connectivity index (χ1n) is 6.05. The minimum absolute atomic E-state index is 0. The Morgan fingerprint density at radius 2 is 1.62 bits per heavy atom. The van der Waals surface area contributed by atoms with Crippen molar-refractivity contribution < 1.29 is 0 Å². The molecule has 0 unspecified atom stereocenters. The van der Waals surface area contributed by atoms with Crippen LogP contribution in [0.4, 0.5) is 0 Å². The van der Waals surface area contributed by atoms with E-state index in [9.17, 15) is 0 Å². The Balaban J connectivity index is 0.00000225. The zero-order chi connectivity index (χ0) is 11.1. The lowest BCUT2D eigenvalue weighted by Crippen LogP contribution is -1.96. The number of hydrogen-bond donors (Lipinski definition) is 0. The topological polar surface area (TPSA) is 0 Å². The van der Waals surface area contributed by atoms with Crippen molar-refractivity contribution in [2.75, 3.05) is 0 Å². The Bertz CT molecular complexity index is 297. The second-order valence-corrected chi connectivity index (χ2v) is 4.94. The molecule has 1 aromatic rings. The molecule has 0 nitrogen and oxygen atoms in total. The van der Waals surface area contributed by atoms with Gasteiger partial charge in [-0.05, 0) is 42.9 Å². The molecular weight excluding hydrogens is 276 g/mol. The molecule has 0 saturated carbocycles. The molecule has 0 amide bonds. The van der Waals surface area contributed by atoms with E-state index in [1.165, 1.54) is 48.6 Å². The van der Waals surface area contributed by atoms with E-state index in [4.69, 9.17) is 0 Å². The fourth-order valence-corrected chi connectivity index (χ4v) is 2.44. The lowest BCUT2D eigenvalue weighted by Gasteiger charge is -2.10. The first-order valence-corrected chi connectivity index (χ1v) is 6.85. The maximum atomic E-state index is 3.67. The number of aryl methyl sites for hydroxylation is 1. The average Bonchev–Trinajstić information content (AvgIpc) is 2.25. The van der Waals surface area contributed by atoms with E-state index in [0.717, 1.165) is 0 Å². The highest BCUT2D eigenvalue weighted by Gasteiger charge is 2.05. The van der Waals surface area contributed by atoms with Crippen LogP contribution in [-0.2, 0) is 12.8 Å². The van der Waals surface area contributed by atoms with Crippen LogP contribution in [0, 0.1) is 0 Å². The summed E-state index contributed by atoms with van der Waals surface area (Å²) in [4.78, 5) is 0. The Morgan fingerprint density at radius 1 is 1.00 bits per heavy atom. The summed E-state index contributed by atoms with van der Waals surface area (Å²) in [7, 11) is 0. The second-order valence-electron chi connectivity index (χ2n) is 4.08. The number of halogens is 1. The molecule has 0 aliphatic rings. The zero-order valence-corrected chi connectivity index (χ0v) is 12.9. The largest absolute Gasteiger partial charge is 0.0654 e. The third kappa shape index (κ3) is 4.83. The van der Waals surface area contributed by atoms with Crippen molar-refractivity contribution >= 4 is 26.9 Å². The highest BCUT2D eigenvalue weighted by atomic mass is 79.9. The van der Waals surface area contributed by atoms with Crippen molar-refractivity contribution in [2.45, 2.75) is 52.4 Å². The summed E-state index contributed by atoms with van der Waals surface area (Å²) in [6.45, 7) is 4.51. The molecule has 16 heavy (non-hydrogen) atoms. The van der Waals surface area contributed by atoms with E-state index in [1.54, 1.807) is 5.56 Å². The van der Waals surface area contributed by atoms with Gasteiger partial charge in [-0.15, -0.1) is 0 Å². The van der Waals surface area contributed by atoms with Gasteiger partial charge in [0.25, 0.3) is 0 Å². The molecule has 1 aromatic carbocycles. The van der Waals surface area contributed by atoms with Crippen molar-refractivity contribution in [3.63, 3.8) is 0 Å². The smallest absolute Gasteiger partial charge is 0.0210 e. The Hall–Kier alpha value is -0.0831. The summed E-state index contributed by atoms with van der Waals surface area (Å²) in [5.74, 6) is 0. The SMILES string of the molecule is CCCCc1cccc(Br)c1CCCC.[Si]. The average molecular weight is 297 g/mol. The van der Waals surface area contributed by atoms with Gasteiger partial charge in [-0.1, -0.05) is 54.8 Å². The zero-order valence-electron chi connectivity index (χ0n) is 10.4. The summed E-state index contributed by atoms with van der Waals surface area (Å²) in [5.41, 5.74) is 3.08. The molecule has 0 saturated heterocycles. The van der Waals surface area contributed by atoms with Gasteiger partial charge < -0.3 is 0 Å². The standard InChI is InChI=1S/C14H21Br.Si/c1-3-5-8-12-9-7-11-14(15)13(12)10-6-4-2;/h7,9,11H,3-6,8,10H2,1-2H3;. The minimum Gasteiger partial charge on any atom is -0.0654 e. The lowest BCUT2D eigenvalue weighted by atomic mass is 9.98. The van der Waals surface area contributed by atoms with Gasteiger partial charge in [-0.3, -0.25) is 0 Å². The van der Waals surface area contributed by atoms with Crippen LogP contribution in [0.2, 0.25) is 0 Å². The number of rotatable bonds is 6. The molecule has 0 spiro atoms. The monoisotopic (exact) mass is 296 g/mol. The molecule has 2 heteroatoms. The molecule has 4 radical (unpaired) electrons. The second kappa shape index (κ2) is 9.00. The van der Waals surface area contributed by atoms with Crippen molar-refractivity contribution in [3.8, 4) is 0 Å². The van der Waals surface area contributed by atoms with Gasteiger partial charge in [0.05, 0.1) is 0 Å². The first-order chi connectivity index (χ1) is 7.29. The van der Waals surface area contributed by atoms with Crippen LogP contribution in [-0.4, -0.2) is 11.0 Å². The molecule has 1 rings (SSSR count). The van der Waals surface area contributed by atoms with Crippen LogP contribution in [0.25, 0.3) is 0 Å². The van der Waals surface area contributed by atoms with Crippen LogP contribution in [0.3, 0.4) is 0 Å². The van der Waals surface area contributed by atoms with Crippen LogP contribution >= 0.6 is 15.9 Å². The molecule has 0 atom stereocenters. The summed E-state index contributed by atoms with van der Waals surface area (Å²) >= 11 is 3.67. The van der Waals surface area contributed by atoms with E-state index < -0.39 is 0 Å². The molecule has 0 aliphatic heterocycles. The van der Waals surface area contributed by atoms with Gasteiger partial charge >= 0.3 is 0 Å². The number of benzene rings is 1. The first kappa shape index (κ1) is 15.9. The van der Waals surface area contributed by atoms with Gasteiger partial charge in [-0.2, -0.15) is 0 Å². The van der Waals surface area contributed by atoms with Gasteiger partial charge in [-0.25, -0.2) is 0 Å². The molecule has 0 aromatic heterocycles. The molecule has 0 fully saturated rings. The van der Waals surface area contributed by atoms with Gasteiger partial charge in [0.15, 0.2) is 0 Å². The maximum absolute atomic E-state index is 3.67. The quantitative estimate of drug-likeness (QED) is 0.664. The Labute approximate surface area is 113 Å². The normalized spacial score (nSPS) is 9.94. The third-order valence-electron chi connectivity index (χ3n) is 2.80. The summed E-state index contributed by atoms with van der Waals surface area (Å²) in [6.07, 6.45) is 7.59. The molecular formula is C14H21BrSi. The van der Waals surface area contributed by atoms with Gasteiger partial charge in [0, 0.05) is 15.4 Å². The van der Waals surface area contributed by atoms with E-state index in [-0.39, 0.29) is 11.0 Å². The molecule has 88 valence electrons. The summed E-state index contributed by atoms with van der Waals surface area (Å²) in [5, 5.41) is 0. The predicted molar refractivity (Wildman–Crippen MR) is 77.1 cm³/mol. The van der Waals surface area contributed by atoms with Crippen molar-refractivity contribution in [2.24, 2.45) is 0 Å². The van der Waals surface area contributed by atoms with Gasteiger partial charge in [0.2, 0.25) is 0 Å². The Kier molecular flexibility index (Phi) is 8.95. The molecule has 0 aliphatic carbocycles. The van der Waals surface area contributed by atoms with Crippen LogP contribution in [0.1, 0.15) is 50.7 Å². The Morgan fingerprint density at radius 3 is 2.25 bits per heavy atom. The maximum Gasteiger partial charge on any atom is 0.0210 e. The molecule has 0 N–H and O–H groups in total. The fraction of sp³-hybridized carbons (Fsp3) is 0.571. The third-order valence-corrected chi connectivity index (χ3v) is 3.54. The van der Waals surface area contributed by atoms with E-state index in [1.807, 2.05) is 0 Å².